The summed E-state index contributed by atoms with van der Waals surface area (Å²) in [5.41, 5.74) is 0.812. The van der Waals surface area contributed by atoms with Gasteiger partial charge < -0.3 is 15.0 Å². The standard InChI is InChI=1S/C17H26N2O2/c1-17(2,3)21-16(20)19-12-11-18-10-9-15(19)13-14-7-5-4-6-8-14/h4-8,15,18H,9-13H2,1-3H3/t15-/m1/s1. The van der Waals surface area contributed by atoms with Crippen LogP contribution in [0.1, 0.15) is 32.8 Å². The fraction of sp³-hybridized carbons (Fsp3) is 0.588. The molecule has 1 aromatic carbocycles. The van der Waals surface area contributed by atoms with Crippen molar-refractivity contribution < 1.29 is 9.53 Å². The van der Waals surface area contributed by atoms with E-state index in [0.717, 1.165) is 25.9 Å². The molecule has 0 spiro atoms. The summed E-state index contributed by atoms with van der Waals surface area (Å²) in [7, 11) is 0. The number of carbonyl (C=O) groups is 1. The number of hydrogen-bond donors (Lipinski definition) is 1. The lowest BCUT2D eigenvalue weighted by Gasteiger charge is -2.32. The van der Waals surface area contributed by atoms with Crippen LogP contribution in [0.25, 0.3) is 0 Å². The summed E-state index contributed by atoms with van der Waals surface area (Å²) >= 11 is 0. The highest BCUT2D eigenvalue weighted by Gasteiger charge is 2.29. The van der Waals surface area contributed by atoms with Crippen molar-refractivity contribution in [3.05, 3.63) is 35.9 Å². The number of amides is 1. The molecule has 0 saturated carbocycles. The van der Waals surface area contributed by atoms with Crippen LogP contribution in [0.5, 0.6) is 0 Å². The fourth-order valence-electron chi connectivity index (χ4n) is 2.59. The van der Waals surface area contributed by atoms with Gasteiger partial charge >= 0.3 is 6.09 Å². The summed E-state index contributed by atoms with van der Waals surface area (Å²) in [4.78, 5) is 14.3. The molecule has 0 radical (unpaired) electrons. The maximum atomic E-state index is 12.4. The highest BCUT2D eigenvalue weighted by Crippen LogP contribution is 2.17. The van der Waals surface area contributed by atoms with E-state index in [1.807, 2.05) is 43.9 Å². The lowest BCUT2D eigenvalue weighted by Crippen LogP contribution is -2.45. The molecule has 2 rings (SSSR count). The molecule has 0 aromatic heterocycles. The third kappa shape index (κ3) is 5.05. The molecule has 21 heavy (non-hydrogen) atoms. The zero-order valence-corrected chi connectivity index (χ0v) is 13.3. The van der Waals surface area contributed by atoms with Gasteiger partial charge in [0.15, 0.2) is 0 Å². The summed E-state index contributed by atoms with van der Waals surface area (Å²) in [5, 5.41) is 3.36. The van der Waals surface area contributed by atoms with Crippen molar-refractivity contribution in [2.75, 3.05) is 19.6 Å². The van der Waals surface area contributed by atoms with Gasteiger partial charge in [0.25, 0.3) is 0 Å². The van der Waals surface area contributed by atoms with Gasteiger partial charge in [0, 0.05) is 19.1 Å². The van der Waals surface area contributed by atoms with Gasteiger partial charge in [0.2, 0.25) is 0 Å². The molecule has 1 saturated heterocycles. The molecule has 0 bridgehead atoms. The minimum atomic E-state index is -0.450. The Kier molecular flexibility index (Phi) is 5.23. The van der Waals surface area contributed by atoms with Crippen LogP contribution in [0.2, 0.25) is 0 Å². The molecule has 1 heterocycles. The van der Waals surface area contributed by atoms with Gasteiger partial charge in [-0.3, -0.25) is 0 Å². The summed E-state index contributed by atoms with van der Waals surface area (Å²) in [5.74, 6) is 0. The SMILES string of the molecule is CC(C)(C)OC(=O)N1CCNCC[C@@H]1Cc1ccccc1. The van der Waals surface area contributed by atoms with E-state index in [0.29, 0.717) is 6.54 Å². The zero-order chi connectivity index (χ0) is 15.3. The van der Waals surface area contributed by atoms with Gasteiger partial charge in [-0.05, 0) is 45.7 Å². The van der Waals surface area contributed by atoms with Crippen LogP contribution in [0, 0.1) is 0 Å². The fourth-order valence-corrected chi connectivity index (χ4v) is 2.59. The van der Waals surface area contributed by atoms with Gasteiger partial charge in [0.05, 0.1) is 0 Å². The summed E-state index contributed by atoms with van der Waals surface area (Å²) in [6.45, 7) is 8.20. The van der Waals surface area contributed by atoms with Crippen molar-refractivity contribution in [2.24, 2.45) is 0 Å². The van der Waals surface area contributed by atoms with Gasteiger partial charge in [-0.25, -0.2) is 4.79 Å². The van der Waals surface area contributed by atoms with Crippen molar-refractivity contribution in [1.29, 1.82) is 0 Å². The number of carbonyl (C=O) groups excluding carboxylic acids is 1. The third-order valence-electron chi connectivity index (χ3n) is 3.57. The van der Waals surface area contributed by atoms with Crippen molar-refractivity contribution in [3.63, 3.8) is 0 Å². The Morgan fingerprint density at radius 3 is 2.67 bits per heavy atom. The average molecular weight is 290 g/mol. The molecular formula is C17H26N2O2. The van der Waals surface area contributed by atoms with E-state index < -0.39 is 5.60 Å². The van der Waals surface area contributed by atoms with E-state index >= 15 is 0 Å². The second-order valence-electron chi connectivity index (χ2n) is 6.56. The molecule has 1 aliphatic rings. The predicted octanol–water partition coefficient (Wildman–Crippen LogP) is 2.83. The molecule has 1 N–H and O–H groups in total. The third-order valence-corrected chi connectivity index (χ3v) is 3.57. The van der Waals surface area contributed by atoms with Crippen molar-refractivity contribution in [2.45, 2.75) is 45.3 Å². The lowest BCUT2D eigenvalue weighted by atomic mass is 10.0. The Bertz CT molecular complexity index is 454. The molecule has 1 aromatic rings. The van der Waals surface area contributed by atoms with E-state index in [2.05, 4.69) is 17.4 Å². The molecule has 116 valence electrons. The highest BCUT2D eigenvalue weighted by atomic mass is 16.6. The summed E-state index contributed by atoms with van der Waals surface area (Å²) < 4.78 is 5.56. The van der Waals surface area contributed by atoms with Gasteiger partial charge in [-0.1, -0.05) is 30.3 Å². The molecule has 1 fully saturated rings. The Morgan fingerprint density at radius 2 is 2.00 bits per heavy atom. The molecule has 4 nitrogen and oxygen atoms in total. The van der Waals surface area contributed by atoms with E-state index in [1.165, 1.54) is 5.56 Å². The van der Waals surface area contributed by atoms with E-state index in [4.69, 9.17) is 4.74 Å². The second-order valence-corrected chi connectivity index (χ2v) is 6.56. The second kappa shape index (κ2) is 6.94. The highest BCUT2D eigenvalue weighted by molar-refractivity contribution is 5.68. The van der Waals surface area contributed by atoms with Gasteiger partial charge in [-0.2, -0.15) is 0 Å². The molecular weight excluding hydrogens is 264 g/mol. The van der Waals surface area contributed by atoms with E-state index in [-0.39, 0.29) is 12.1 Å². The number of hydrogen-bond acceptors (Lipinski definition) is 3. The number of nitrogens with zero attached hydrogens (tertiary/aromatic N) is 1. The predicted molar refractivity (Wildman–Crippen MR) is 84.4 cm³/mol. The quantitative estimate of drug-likeness (QED) is 0.910. The topological polar surface area (TPSA) is 41.6 Å². The summed E-state index contributed by atoms with van der Waals surface area (Å²) in [6, 6.07) is 10.5. The smallest absolute Gasteiger partial charge is 0.410 e. The van der Waals surface area contributed by atoms with E-state index in [1.54, 1.807) is 0 Å². The first kappa shape index (κ1) is 15.8. The minimum absolute atomic E-state index is 0.192. The molecule has 0 aliphatic carbocycles. The Morgan fingerprint density at radius 1 is 1.29 bits per heavy atom. The molecule has 1 aliphatic heterocycles. The normalized spacial score (nSPS) is 20.0. The molecule has 4 heteroatoms. The molecule has 1 atom stereocenters. The van der Waals surface area contributed by atoms with Crippen LogP contribution in [-0.2, 0) is 11.2 Å². The number of ether oxygens (including phenoxy) is 1. The first-order valence-corrected chi connectivity index (χ1v) is 7.70. The average Bonchev–Trinajstić information content (AvgIpc) is 2.63. The Labute approximate surface area is 127 Å². The van der Waals surface area contributed by atoms with E-state index in [9.17, 15) is 4.79 Å². The van der Waals surface area contributed by atoms with Crippen molar-refractivity contribution in [1.82, 2.24) is 10.2 Å². The monoisotopic (exact) mass is 290 g/mol. The van der Waals surface area contributed by atoms with Crippen molar-refractivity contribution >= 4 is 6.09 Å². The van der Waals surface area contributed by atoms with Crippen LogP contribution in [-0.4, -0.2) is 42.3 Å². The van der Waals surface area contributed by atoms with Gasteiger partial charge in [0.1, 0.15) is 5.60 Å². The number of benzene rings is 1. The van der Waals surface area contributed by atoms with Crippen LogP contribution in [0.15, 0.2) is 30.3 Å². The molecule has 1 amide bonds. The van der Waals surface area contributed by atoms with Crippen LogP contribution in [0.3, 0.4) is 0 Å². The largest absolute Gasteiger partial charge is 0.444 e. The first-order chi connectivity index (χ1) is 9.96. The van der Waals surface area contributed by atoms with Gasteiger partial charge in [-0.15, -0.1) is 0 Å². The molecule has 0 unspecified atom stereocenters. The van der Waals surface area contributed by atoms with Crippen LogP contribution >= 0.6 is 0 Å². The number of rotatable bonds is 2. The Hall–Kier alpha value is -1.55. The first-order valence-electron chi connectivity index (χ1n) is 7.70. The maximum absolute atomic E-state index is 12.4. The minimum Gasteiger partial charge on any atom is -0.444 e. The lowest BCUT2D eigenvalue weighted by molar-refractivity contribution is 0.0174. The summed E-state index contributed by atoms with van der Waals surface area (Å²) in [6.07, 6.45) is 1.63. The Balaban J connectivity index is 2.08. The van der Waals surface area contributed by atoms with Crippen LogP contribution < -0.4 is 5.32 Å². The zero-order valence-electron chi connectivity index (χ0n) is 13.3. The number of nitrogens with one attached hydrogen (secondary N) is 1. The van der Waals surface area contributed by atoms with Crippen molar-refractivity contribution in [3.8, 4) is 0 Å². The maximum Gasteiger partial charge on any atom is 0.410 e. The van der Waals surface area contributed by atoms with Crippen LogP contribution in [0.4, 0.5) is 4.79 Å².